The van der Waals surface area contributed by atoms with Gasteiger partial charge in [0.15, 0.2) is 0 Å². The van der Waals surface area contributed by atoms with Gasteiger partial charge in [-0.2, -0.15) is 10.2 Å². The molecule has 0 N–H and O–H groups in total. The van der Waals surface area contributed by atoms with Crippen LogP contribution in [0.15, 0.2) is 6.07 Å². The lowest BCUT2D eigenvalue weighted by atomic mass is 10.2. The van der Waals surface area contributed by atoms with E-state index in [-0.39, 0.29) is 12.1 Å². The van der Waals surface area contributed by atoms with Crippen LogP contribution in [0.4, 0.5) is 0 Å². The minimum atomic E-state index is -0.337. The number of aryl methyl sites for hydroxylation is 2. The molecule has 0 spiro atoms. The first-order chi connectivity index (χ1) is 6.50. The summed E-state index contributed by atoms with van der Waals surface area (Å²) in [6, 6.07) is 1.69. The lowest BCUT2D eigenvalue weighted by molar-refractivity contribution is 0.0376. The second kappa shape index (κ2) is 4.17. The van der Waals surface area contributed by atoms with Crippen LogP contribution in [0.3, 0.4) is 0 Å². The van der Waals surface area contributed by atoms with E-state index in [0.717, 1.165) is 0 Å². The normalized spacial score (nSPS) is 10.4. The molecule has 0 amide bonds. The Labute approximate surface area is 83.3 Å². The molecule has 1 rings (SSSR count). The lowest BCUT2D eigenvalue weighted by Crippen LogP contribution is -2.14. The van der Waals surface area contributed by atoms with Gasteiger partial charge < -0.3 is 4.74 Å². The van der Waals surface area contributed by atoms with Gasteiger partial charge in [0.25, 0.3) is 0 Å². The van der Waals surface area contributed by atoms with Crippen LogP contribution >= 0.6 is 0 Å². The number of esters is 1. The highest BCUT2D eigenvalue weighted by Crippen LogP contribution is 2.08. The van der Waals surface area contributed by atoms with Crippen molar-refractivity contribution in [3.8, 4) is 0 Å². The largest absolute Gasteiger partial charge is 0.459 e. The molecule has 1 aromatic rings. The molecular formula is C10H14N2O2. The van der Waals surface area contributed by atoms with Crippen LogP contribution in [0.2, 0.25) is 0 Å². The number of hydrogen-bond donors (Lipinski definition) is 0. The van der Waals surface area contributed by atoms with Crippen LogP contribution in [0, 0.1) is 13.8 Å². The topological polar surface area (TPSA) is 52.1 Å². The molecule has 0 aliphatic carbocycles. The first-order valence-corrected chi connectivity index (χ1v) is 4.52. The van der Waals surface area contributed by atoms with Crippen molar-refractivity contribution in [1.29, 1.82) is 0 Å². The van der Waals surface area contributed by atoms with Crippen LogP contribution in [0.25, 0.3) is 0 Å². The van der Waals surface area contributed by atoms with Gasteiger partial charge in [0.1, 0.15) is 0 Å². The molecule has 4 heteroatoms. The molecule has 0 aliphatic rings. The zero-order valence-corrected chi connectivity index (χ0v) is 8.87. The second-order valence-electron chi connectivity index (χ2n) is 3.44. The van der Waals surface area contributed by atoms with E-state index >= 15 is 0 Å². The molecule has 0 aromatic carbocycles. The molecule has 0 saturated carbocycles. The van der Waals surface area contributed by atoms with Gasteiger partial charge >= 0.3 is 5.97 Å². The van der Waals surface area contributed by atoms with Crippen molar-refractivity contribution in [2.75, 3.05) is 0 Å². The van der Waals surface area contributed by atoms with Crippen LogP contribution in [0.1, 0.15) is 35.6 Å². The minimum Gasteiger partial charge on any atom is -0.459 e. The summed E-state index contributed by atoms with van der Waals surface area (Å²) in [6.45, 7) is 7.16. The molecule has 4 nitrogen and oxygen atoms in total. The molecule has 0 radical (unpaired) electrons. The molecule has 1 heterocycles. The molecule has 0 unspecified atom stereocenters. The highest BCUT2D eigenvalue weighted by atomic mass is 16.5. The third kappa shape index (κ3) is 2.52. The van der Waals surface area contributed by atoms with E-state index in [0.29, 0.717) is 17.0 Å². The van der Waals surface area contributed by atoms with Crippen molar-refractivity contribution in [2.24, 2.45) is 0 Å². The van der Waals surface area contributed by atoms with Crippen molar-refractivity contribution in [3.63, 3.8) is 0 Å². The monoisotopic (exact) mass is 194 g/mol. The van der Waals surface area contributed by atoms with E-state index < -0.39 is 0 Å². The number of carbonyl (C=O) groups is 1. The van der Waals surface area contributed by atoms with Crippen LogP contribution in [0.5, 0.6) is 0 Å². The Morgan fingerprint density at radius 3 is 2.57 bits per heavy atom. The van der Waals surface area contributed by atoms with Gasteiger partial charge in [0.2, 0.25) is 0 Å². The first-order valence-electron chi connectivity index (χ1n) is 4.52. The standard InChI is InChI=1S/C10H14N2O2/c1-6(2)14-10(13)9-5-7(3)11-12-8(9)4/h5-6H,1-4H3. The van der Waals surface area contributed by atoms with Crippen LogP contribution in [-0.4, -0.2) is 22.3 Å². The fourth-order valence-electron chi connectivity index (χ4n) is 1.03. The third-order valence-electron chi connectivity index (χ3n) is 1.66. The number of ether oxygens (including phenoxy) is 1. The zero-order chi connectivity index (χ0) is 10.7. The quantitative estimate of drug-likeness (QED) is 0.672. The Morgan fingerprint density at radius 1 is 1.36 bits per heavy atom. The number of nitrogens with zero attached hydrogens (tertiary/aromatic N) is 2. The van der Waals surface area contributed by atoms with Crippen LogP contribution in [-0.2, 0) is 4.74 Å². The van der Waals surface area contributed by atoms with Gasteiger partial charge in [-0.25, -0.2) is 4.79 Å². The molecule has 14 heavy (non-hydrogen) atoms. The van der Waals surface area contributed by atoms with Gasteiger partial charge in [-0.05, 0) is 33.8 Å². The highest BCUT2D eigenvalue weighted by molar-refractivity contribution is 5.90. The molecule has 1 aromatic heterocycles. The fourth-order valence-corrected chi connectivity index (χ4v) is 1.03. The van der Waals surface area contributed by atoms with Gasteiger partial charge in [0.05, 0.1) is 23.1 Å². The zero-order valence-electron chi connectivity index (χ0n) is 8.87. The van der Waals surface area contributed by atoms with E-state index in [2.05, 4.69) is 10.2 Å². The summed E-state index contributed by atoms with van der Waals surface area (Å²) in [5.74, 6) is -0.337. The number of hydrogen-bond acceptors (Lipinski definition) is 4. The number of rotatable bonds is 2. The molecule has 0 bridgehead atoms. The fraction of sp³-hybridized carbons (Fsp3) is 0.500. The number of aromatic nitrogens is 2. The van der Waals surface area contributed by atoms with Gasteiger partial charge in [0, 0.05) is 0 Å². The Morgan fingerprint density at radius 2 is 2.00 bits per heavy atom. The molecule has 0 fully saturated rings. The maximum atomic E-state index is 11.5. The van der Waals surface area contributed by atoms with Crippen molar-refractivity contribution < 1.29 is 9.53 Å². The van der Waals surface area contributed by atoms with Crippen molar-refractivity contribution in [2.45, 2.75) is 33.8 Å². The number of carbonyl (C=O) groups excluding carboxylic acids is 1. The van der Waals surface area contributed by atoms with Crippen molar-refractivity contribution in [1.82, 2.24) is 10.2 Å². The van der Waals surface area contributed by atoms with Crippen molar-refractivity contribution in [3.05, 3.63) is 23.0 Å². The SMILES string of the molecule is Cc1cc(C(=O)OC(C)C)c(C)nn1. The summed E-state index contributed by atoms with van der Waals surface area (Å²) in [4.78, 5) is 11.5. The van der Waals surface area contributed by atoms with E-state index in [9.17, 15) is 4.79 Å². The molecule has 0 aliphatic heterocycles. The van der Waals surface area contributed by atoms with Crippen molar-refractivity contribution >= 4 is 5.97 Å². The maximum absolute atomic E-state index is 11.5. The lowest BCUT2D eigenvalue weighted by Gasteiger charge is -2.09. The van der Waals surface area contributed by atoms with E-state index in [4.69, 9.17) is 4.74 Å². The molecule has 0 atom stereocenters. The van der Waals surface area contributed by atoms with E-state index in [1.54, 1.807) is 19.9 Å². The summed E-state index contributed by atoms with van der Waals surface area (Å²) < 4.78 is 5.07. The molecule has 76 valence electrons. The summed E-state index contributed by atoms with van der Waals surface area (Å²) >= 11 is 0. The maximum Gasteiger partial charge on any atom is 0.340 e. The summed E-state index contributed by atoms with van der Waals surface area (Å²) in [6.07, 6.45) is -0.115. The summed E-state index contributed by atoms with van der Waals surface area (Å²) in [5.41, 5.74) is 1.80. The predicted molar refractivity (Wildman–Crippen MR) is 52.1 cm³/mol. The van der Waals surface area contributed by atoms with E-state index in [1.807, 2.05) is 13.8 Å². The second-order valence-corrected chi connectivity index (χ2v) is 3.44. The smallest absolute Gasteiger partial charge is 0.340 e. The summed E-state index contributed by atoms with van der Waals surface area (Å²) in [5, 5.41) is 7.70. The van der Waals surface area contributed by atoms with Gasteiger partial charge in [-0.3, -0.25) is 0 Å². The van der Waals surface area contributed by atoms with Crippen LogP contribution < -0.4 is 0 Å². The Hall–Kier alpha value is -1.45. The predicted octanol–water partition coefficient (Wildman–Crippen LogP) is 1.66. The van der Waals surface area contributed by atoms with Gasteiger partial charge in [-0.15, -0.1) is 0 Å². The Balaban J connectivity index is 2.94. The Bertz CT molecular complexity index is 348. The average Bonchev–Trinajstić information content (AvgIpc) is 2.08. The highest BCUT2D eigenvalue weighted by Gasteiger charge is 2.13. The van der Waals surface area contributed by atoms with Gasteiger partial charge in [-0.1, -0.05) is 0 Å². The Kier molecular flexibility index (Phi) is 3.17. The molecular weight excluding hydrogens is 180 g/mol. The average molecular weight is 194 g/mol. The molecule has 0 saturated heterocycles. The first kappa shape index (κ1) is 10.6. The van der Waals surface area contributed by atoms with E-state index in [1.165, 1.54) is 0 Å². The third-order valence-corrected chi connectivity index (χ3v) is 1.66. The minimum absolute atomic E-state index is 0.115. The summed E-state index contributed by atoms with van der Waals surface area (Å²) in [7, 11) is 0.